The lowest BCUT2D eigenvalue weighted by atomic mass is 10.2. The quantitative estimate of drug-likeness (QED) is 0.516. The third-order valence-electron chi connectivity index (χ3n) is 4.90. The lowest BCUT2D eigenvalue weighted by Gasteiger charge is -2.36. The van der Waals surface area contributed by atoms with Crippen LogP contribution in [-0.2, 0) is 14.3 Å². The fraction of sp³-hybridized carbons (Fsp3) is 0.304. The van der Waals surface area contributed by atoms with Crippen LogP contribution < -0.4 is 14.4 Å². The van der Waals surface area contributed by atoms with Gasteiger partial charge in [0, 0.05) is 32.3 Å². The highest BCUT2D eigenvalue weighted by Crippen LogP contribution is 2.28. The van der Waals surface area contributed by atoms with Crippen molar-refractivity contribution in [3.63, 3.8) is 0 Å². The van der Waals surface area contributed by atoms with E-state index in [2.05, 4.69) is 4.90 Å². The van der Waals surface area contributed by atoms with Crippen LogP contribution in [0.4, 0.5) is 5.69 Å². The highest BCUT2D eigenvalue weighted by Gasteiger charge is 2.23. The lowest BCUT2D eigenvalue weighted by Crippen LogP contribution is -2.50. The molecule has 1 aliphatic heterocycles. The van der Waals surface area contributed by atoms with Gasteiger partial charge in [-0.1, -0.05) is 24.3 Å². The summed E-state index contributed by atoms with van der Waals surface area (Å²) in [6.45, 7) is 2.24. The smallest absolute Gasteiger partial charge is 0.331 e. The third-order valence-corrected chi connectivity index (χ3v) is 4.90. The second-order valence-corrected chi connectivity index (χ2v) is 6.76. The van der Waals surface area contributed by atoms with Crippen molar-refractivity contribution in [1.29, 1.82) is 0 Å². The van der Waals surface area contributed by atoms with E-state index in [1.165, 1.54) is 6.08 Å². The van der Waals surface area contributed by atoms with Crippen LogP contribution in [0.2, 0.25) is 0 Å². The first-order chi connectivity index (χ1) is 14.6. The average Bonchev–Trinajstić information content (AvgIpc) is 2.81. The zero-order valence-electron chi connectivity index (χ0n) is 17.2. The summed E-state index contributed by atoms with van der Waals surface area (Å²) in [5, 5.41) is 0. The first kappa shape index (κ1) is 21.2. The normalized spacial score (nSPS) is 13.9. The van der Waals surface area contributed by atoms with Crippen LogP contribution >= 0.6 is 0 Å². The van der Waals surface area contributed by atoms with Crippen molar-refractivity contribution in [2.45, 2.75) is 0 Å². The monoisotopic (exact) mass is 410 g/mol. The van der Waals surface area contributed by atoms with E-state index < -0.39 is 5.97 Å². The predicted molar refractivity (Wildman–Crippen MR) is 115 cm³/mol. The van der Waals surface area contributed by atoms with Gasteiger partial charge in [-0.15, -0.1) is 0 Å². The number of para-hydroxylation sites is 2. The van der Waals surface area contributed by atoms with Crippen molar-refractivity contribution in [3.8, 4) is 11.5 Å². The molecule has 0 saturated carbocycles. The fourth-order valence-electron chi connectivity index (χ4n) is 3.27. The van der Waals surface area contributed by atoms with Gasteiger partial charge in [0.15, 0.2) is 6.61 Å². The topological polar surface area (TPSA) is 68.3 Å². The van der Waals surface area contributed by atoms with Gasteiger partial charge in [0.2, 0.25) is 0 Å². The lowest BCUT2D eigenvalue weighted by molar-refractivity contribution is -0.148. The molecule has 1 fully saturated rings. The Morgan fingerprint density at radius 2 is 1.73 bits per heavy atom. The molecule has 3 rings (SSSR count). The zero-order valence-corrected chi connectivity index (χ0v) is 17.2. The fourth-order valence-corrected chi connectivity index (χ4v) is 3.27. The molecular weight excluding hydrogens is 384 g/mol. The van der Waals surface area contributed by atoms with Gasteiger partial charge in [0.25, 0.3) is 5.91 Å². The van der Waals surface area contributed by atoms with E-state index in [1.54, 1.807) is 31.3 Å². The summed E-state index contributed by atoms with van der Waals surface area (Å²) in [6.07, 6.45) is 2.93. The number of nitrogens with zero attached hydrogens (tertiary/aromatic N) is 2. The van der Waals surface area contributed by atoms with Crippen molar-refractivity contribution >= 4 is 23.6 Å². The molecule has 0 aromatic heterocycles. The molecule has 1 heterocycles. The van der Waals surface area contributed by atoms with E-state index in [-0.39, 0.29) is 12.5 Å². The molecule has 0 radical (unpaired) electrons. The number of ether oxygens (including phenoxy) is 3. The van der Waals surface area contributed by atoms with Crippen molar-refractivity contribution in [1.82, 2.24) is 4.90 Å². The first-order valence-corrected chi connectivity index (χ1v) is 9.75. The Labute approximate surface area is 176 Å². The van der Waals surface area contributed by atoms with Gasteiger partial charge in [-0.25, -0.2) is 4.79 Å². The largest absolute Gasteiger partial charge is 0.497 e. The average molecular weight is 410 g/mol. The Morgan fingerprint density at radius 3 is 2.47 bits per heavy atom. The number of piperazine rings is 1. The number of carbonyl (C=O) groups excluding carboxylic acids is 2. The maximum absolute atomic E-state index is 12.4. The summed E-state index contributed by atoms with van der Waals surface area (Å²) in [5.41, 5.74) is 1.83. The summed E-state index contributed by atoms with van der Waals surface area (Å²) in [6, 6.07) is 15.1. The van der Waals surface area contributed by atoms with Gasteiger partial charge in [-0.2, -0.15) is 0 Å². The molecule has 7 nitrogen and oxygen atoms in total. The molecule has 0 aliphatic carbocycles. The molecule has 2 aromatic carbocycles. The third kappa shape index (κ3) is 5.53. The van der Waals surface area contributed by atoms with Gasteiger partial charge in [-0.05, 0) is 35.9 Å². The summed E-state index contributed by atoms with van der Waals surface area (Å²) in [4.78, 5) is 28.2. The summed E-state index contributed by atoms with van der Waals surface area (Å²) >= 11 is 0. The molecule has 0 spiro atoms. The number of amides is 1. The Morgan fingerprint density at radius 1 is 0.967 bits per heavy atom. The molecule has 1 saturated heterocycles. The van der Waals surface area contributed by atoms with E-state index in [1.807, 2.05) is 42.5 Å². The number of methoxy groups -OCH3 is 2. The van der Waals surface area contributed by atoms with Crippen LogP contribution in [0.1, 0.15) is 5.56 Å². The van der Waals surface area contributed by atoms with E-state index in [4.69, 9.17) is 14.2 Å². The Hall–Kier alpha value is -3.48. The molecule has 1 aliphatic rings. The SMILES string of the molecule is COc1cccc(/C=C/C(=O)OCC(=O)N2CCN(c3ccccc3OC)CC2)c1. The molecule has 0 atom stereocenters. The van der Waals surface area contributed by atoms with Gasteiger partial charge >= 0.3 is 5.97 Å². The zero-order chi connectivity index (χ0) is 21.3. The van der Waals surface area contributed by atoms with Gasteiger partial charge < -0.3 is 24.0 Å². The van der Waals surface area contributed by atoms with Crippen LogP contribution in [0.5, 0.6) is 11.5 Å². The van der Waals surface area contributed by atoms with Gasteiger partial charge in [0.05, 0.1) is 19.9 Å². The second-order valence-electron chi connectivity index (χ2n) is 6.76. The number of carbonyl (C=O) groups is 2. The number of benzene rings is 2. The second kappa shape index (κ2) is 10.3. The molecule has 0 N–H and O–H groups in total. The molecule has 30 heavy (non-hydrogen) atoms. The van der Waals surface area contributed by atoms with Crippen LogP contribution in [0.3, 0.4) is 0 Å². The van der Waals surface area contributed by atoms with Crippen LogP contribution in [-0.4, -0.2) is 63.8 Å². The summed E-state index contributed by atoms with van der Waals surface area (Å²) in [7, 11) is 3.23. The standard InChI is InChI=1S/C23H26N2O5/c1-28-19-7-5-6-18(16-19)10-11-23(27)30-17-22(26)25-14-12-24(13-15-25)20-8-3-4-9-21(20)29-2/h3-11,16H,12-15,17H2,1-2H3/b11-10+. The molecule has 158 valence electrons. The van der Waals surface area contributed by atoms with Crippen molar-refractivity contribution in [3.05, 3.63) is 60.2 Å². The Balaban J connectivity index is 1.45. The van der Waals surface area contributed by atoms with E-state index in [0.717, 1.165) is 17.0 Å². The van der Waals surface area contributed by atoms with Crippen LogP contribution in [0, 0.1) is 0 Å². The van der Waals surface area contributed by atoms with E-state index in [0.29, 0.717) is 31.9 Å². The Bertz CT molecular complexity index is 904. The maximum atomic E-state index is 12.4. The van der Waals surface area contributed by atoms with Crippen molar-refractivity contribution < 1.29 is 23.8 Å². The van der Waals surface area contributed by atoms with Gasteiger partial charge in [-0.3, -0.25) is 4.79 Å². The highest BCUT2D eigenvalue weighted by molar-refractivity contribution is 5.89. The van der Waals surface area contributed by atoms with E-state index in [9.17, 15) is 9.59 Å². The number of hydrogen-bond donors (Lipinski definition) is 0. The van der Waals surface area contributed by atoms with E-state index >= 15 is 0 Å². The van der Waals surface area contributed by atoms with Crippen LogP contribution in [0.15, 0.2) is 54.6 Å². The summed E-state index contributed by atoms with van der Waals surface area (Å²) < 4.78 is 15.7. The first-order valence-electron chi connectivity index (χ1n) is 9.75. The van der Waals surface area contributed by atoms with Crippen molar-refractivity contribution in [2.24, 2.45) is 0 Å². The molecule has 7 heteroatoms. The molecule has 0 unspecified atom stereocenters. The number of rotatable bonds is 7. The van der Waals surface area contributed by atoms with Crippen molar-refractivity contribution in [2.75, 3.05) is 51.9 Å². The minimum absolute atomic E-state index is 0.196. The minimum atomic E-state index is -0.557. The maximum Gasteiger partial charge on any atom is 0.331 e. The molecule has 2 aromatic rings. The number of anilines is 1. The summed E-state index contributed by atoms with van der Waals surface area (Å²) in [5.74, 6) is 0.763. The minimum Gasteiger partial charge on any atom is -0.497 e. The van der Waals surface area contributed by atoms with Crippen LogP contribution in [0.25, 0.3) is 6.08 Å². The van der Waals surface area contributed by atoms with Gasteiger partial charge in [0.1, 0.15) is 11.5 Å². The Kier molecular flexibility index (Phi) is 7.32. The number of hydrogen-bond acceptors (Lipinski definition) is 6. The molecular formula is C23H26N2O5. The molecule has 0 bridgehead atoms. The highest BCUT2D eigenvalue weighted by atomic mass is 16.5. The predicted octanol–water partition coefficient (Wildman–Crippen LogP) is 2.61. The molecule has 1 amide bonds. The number of esters is 1.